The van der Waals surface area contributed by atoms with Gasteiger partial charge in [-0.15, -0.1) is 0 Å². The maximum absolute atomic E-state index is 12.7. The molecule has 2 N–H and O–H groups in total. The van der Waals surface area contributed by atoms with Gasteiger partial charge in [0.1, 0.15) is 10.8 Å². The summed E-state index contributed by atoms with van der Waals surface area (Å²) in [7, 11) is 4.68. The van der Waals surface area contributed by atoms with E-state index >= 15 is 0 Å². The number of amides is 1. The van der Waals surface area contributed by atoms with Crippen LogP contribution in [0.2, 0.25) is 5.02 Å². The Bertz CT molecular complexity index is 1260. The number of hydrogen-bond donors (Lipinski definition) is 2. The lowest BCUT2D eigenvalue weighted by molar-refractivity contribution is -0.124. The average Bonchev–Trinajstić information content (AvgIpc) is 2.90. The molecule has 1 saturated heterocycles. The van der Waals surface area contributed by atoms with Crippen molar-refractivity contribution in [1.29, 1.82) is 0 Å². The molecule has 1 fully saturated rings. The van der Waals surface area contributed by atoms with E-state index in [0.717, 1.165) is 24.5 Å². The third-order valence-electron chi connectivity index (χ3n) is 5.56. The van der Waals surface area contributed by atoms with Crippen LogP contribution in [-0.4, -0.2) is 74.1 Å². The van der Waals surface area contributed by atoms with Crippen LogP contribution in [0.1, 0.15) is 10.4 Å². The molecular formula is C25H27ClN6O4. The molecule has 0 bridgehead atoms. The van der Waals surface area contributed by atoms with Gasteiger partial charge in [-0.25, -0.2) is 4.98 Å². The predicted octanol–water partition coefficient (Wildman–Crippen LogP) is 3.73. The zero-order valence-electron chi connectivity index (χ0n) is 20.2. The van der Waals surface area contributed by atoms with E-state index in [0.29, 0.717) is 24.7 Å². The van der Waals surface area contributed by atoms with E-state index in [-0.39, 0.29) is 22.4 Å². The number of benzene rings is 2. The van der Waals surface area contributed by atoms with Crippen LogP contribution in [0.15, 0.2) is 48.7 Å². The third kappa shape index (κ3) is 5.67. The molecule has 1 aromatic heterocycles. The number of hydrogen-bond acceptors (Lipinski definition) is 9. The van der Waals surface area contributed by atoms with Crippen LogP contribution in [0.5, 0.6) is 5.75 Å². The SMILES string of the molecule is COc1cc(Nc2ncc(Cl)c(Nc3ccccc3C(=O)C(=O)N(C)C)n2)ccc1N1CCOCC1. The second-order valence-corrected chi connectivity index (χ2v) is 8.61. The summed E-state index contributed by atoms with van der Waals surface area (Å²) in [4.78, 5) is 37.1. The number of rotatable bonds is 8. The number of ketones is 1. The number of carbonyl (C=O) groups excluding carboxylic acids is 2. The first-order chi connectivity index (χ1) is 17.4. The van der Waals surface area contributed by atoms with Crippen LogP contribution >= 0.6 is 11.6 Å². The van der Waals surface area contributed by atoms with Crippen molar-refractivity contribution in [2.24, 2.45) is 0 Å². The second-order valence-electron chi connectivity index (χ2n) is 8.20. The first-order valence-electron chi connectivity index (χ1n) is 11.3. The van der Waals surface area contributed by atoms with E-state index in [1.165, 1.54) is 25.2 Å². The summed E-state index contributed by atoms with van der Waals surface area (Å²) in [6.07, 6.45) is 1.45. The number of para-hydroxylation sites is 1. The number of nitrogens with zero attached hydrogens (tertiary/aromatic N) is 4. The first-order valence-corrected chi connectivity index (χ1v) is 11.7. The van der Waals surface area contributed by atoms with Gasteiger partial charge in [0, 0.05) is 38.9 Å². The number of aromatic nitrogens is 2. The molecular weight excluding hydrogens is 484 g/mol. The highest BCUT2D eigenvalue weighted by Gasteiger charge is 2.22. The lowest BCUT2D eigenvalue weighted by Crippen LogP contribution is -2.36. The molecule has 0 atom stereocenters. The molecule has 0 saturated carbocycles. The first kappa shape index (κ1) is 25.2. The molecule has 0 unspecified atom stereocenters. The van der Waals surface area contributed by atoms with Crippen molar-refractivity contribution in [3.05, 3.63) is 59.2 Å². The number of likely N-dealkylation sites (N-methyl/N-ethyl adjacent to an activating group) is 1. The highest BCUT2D eigenvalue weighted by molar-refractivity contribution is 6.43. The molecule has 0 radical (unpaired) electrons. The Morgan fingerprint density at radius 1 is 1.11 bits per heavy atom. The van der Waals surface area contributed by atoms with Crippen molar-refractivity contribution in [3.8, 4) is 5.75 Å². The van der Waals surface area contributed by atoms with Crippen molar-refractivity contribution in [2.45, 2.75) is 0 Å². The normalized spacial score (nSPS) is 13.2. The summed E-state index contributed by atoms with van der Waals surface area (Å²) < 4.78 is 11.0. The zero-order chi connectivity index (χ0) is 25.7. The Hall–Kier alpha value is -3.89. The molecule has 36 heavy (non-hydrogen) atoms. The lowest BCUT2D eigenvalue weighted by Gasteiger charge is -2.30. The molecule has 1 amide bonds. The van der Waals surface area contributed by atoms with Crippen molar-refractivity contribution in [3.63, 3.8) is 0 Å². The maximum Gasteiger partial charge on any atom is 0.294 e. The van der Waals surface area contributed by atoms with Gasteiger partial charge in [-0.2, -0.15) is 4.98 Å². The minimum atomic E-state index is -0.640. The van der Waals surface area contributed by atoms with Gasteiger partial charge in [-0.3, -0.25) is 9.59 Å². The van der Waals surface area contributed by atoms with Crippen LogP contribution in [0.3, 0.4) is 0 Å². The van der Waals surface area contributed by atoms with Gasteiger partial charge in [0.15, 0.2) is 5.82 Å². The van der Waals surface area contributed by atoms with Gasteiger partial charge in [0.05, 0.1) is 43.5 Å². The summed E-state index contributed by atoms with van der Waals surface area (Å²) in [5.74, 6) is 0.0148. The van der Waals surface area contributed by atoms with E-state index in [1.807, 2.05) is 18.2 Å². The maximum atomic E-state index is 12.7. The van der Waals surface area contributed by atoms with Crippen LogP contribution in [0.25, 0.3) is 0 Å². The molecule has 1 aliphatic rings. The van der Waals surface area contributed by atoms with Crippen molar-refractivity contribution < 1.29 is 19.1 Å². The van der Waals surface area contributed by atoms with Crippen LogP contribution in [0.4, 0.5) is 28.8 Å². The smallest absolute Gasteiger partial charge is 0.294 e. The Labute approximate surface area is 214 Å². The minimum Gasteiger partial charge on any atom is -0.495 e. The van der Waals surface area contributed by atoms with E-state index in [1.54, 1.807) is 31.4 Å². The van der Waals surface area contributed by atoms with Crippen LogP contribution in [-0.2, 0) is 9.53 Å². The van der Waals surface area contributed by atoms with E-state index in [2.05, 4.69) is 25.5 Å². The van der Waals surface area contributed by atoms with E-state index in [4.69, 9.17) is 21.1 Å². The molecule has 2 aromatic carbocycles. The second kappa shape index (κ2) is 11.2. The molecule has 11 heteroatoms. The molecule has 3 aromatic rings. The molecule has 188 valence electrons. The summed E-state index contributed by atoms with van der Waals surface area (Å²) >= 11 is 6.34. The van der Waals surface area contributed by atoms with Crippen molar-refractivity contribution >= 4 is 52.1 Å². The van der Waals surface area contributed by atoms with Crippen LogP contribution in [0, 0.1) is 0 Å². The molecule has 0 aliphatic carbocycles. The standard InChI is InChI=1S/C25H27ClN6O4/c1-31(2)24(34)22(33)17-6-4-5-7-19(17)29-23-18(26)15-27-25(30-23)28-16-8-9-20(21(14-16)35-3)32-10-12-36-13-11-32/h4-9,14-15H,10-13H2,1-3H3,(H2,27,28,29,30). The van der Waals surface area contributed by atoms with Gasteiger partial charge in [0.25, 0.3) is 11.7 Å². The van der Waals surface area contributed by atoms with Gasteiger partial charge in [-0.1, -0.05) is 23.7 Å². The fraction of sp³-hybridized carbons (Fsp3) is 0.280. The number of morpholine rings is 1. The van der Waals surface area contributed by atoms with E-state index < -0.39 is 11.7 Å². The third-order valence-corrected chi connectivity index (χ3v) is 5.83. The number of Topliss-reactive ketones (excluding diaryl/α,β-unsaturated/α-hetero) is 1. The van der Waals surface area contributed by atoms with Gasteiger partial charge in [-0.05, 0) is 24.3 Å². The topological polar surface area (TPSA) is 109 Å². The van der Waals surface area contributed by atoms with Gasteiger partial charge in [0.2, 0.25) is 5.95 Å². The predicted molar refractivity (Wildman–Crippen MR) is 139 cm³/mol. The van der Waals surface area contributed by atoms with E-state index in [9.17, 15) is 9.59 Å². The highest BCUT2D eigenvalue weighted by atomic mass is 35.5. The Morgan fingerprint density at radius 3 is 2.58 bits per heavy atom. The van der Waals surface area contributed by atoms with Gasteiger partial charge < -0.3 is 29.9 Å². The largest absolute Gasteiger partial charge is 0.495 e. The van der Waals surface area contributed by atoms with Crippen molar-refractivity contribution in [1.82, 2.24) is 14.9 Å². The molecule has 0 spiro atoms. The quantitative estimate of drug-likeness (QED) is 0.346. The zero-order valence-corrected chi connectivity index (χ0v) is 21.0. The average molecular weight is 511 g/mol. The summed E-state index contributed by atoms with van der Waals surface area (Å²) in [6.45, 7) is 2.94. The molecule has 1 aliphatic heterocycles. The Morgan fingerprint density at radius 2 is 1.86 bits per heavy atom. The number of carbonyl (C=O) groups is 2. The number of nitrogens with one attached hydrogen (secondary N) is 2. The van der Waals surface area contributed by atoms with Crippen LogP contribution < -0.4 is 20.3 Å². The number of halogens is 1. The Kier molecular flexibility index (Phi) is 7.87. The molecule has 4 rings (SSSR count). The number of methoxy groups -OCH3 is 1. The van der Waals surface area contributed by atoms with Gasteiger partial charge >= 0.3 is 0 Å². The molecule has 10 nitrogen and oxygen atoms in total. The summed E-state index contributed by atoms with van der Waals surface area (Å²) in [6, 6.07) is 12.4. The summed E-state index contributed by atoms with van der Waals surface area (Å²) in [5.41, 5.74) is 2.33. The molecule has 2 heterocycles. The highest BCUT2D eigenvalue weighted by Crippen LogP contribution is 2.33. The monoisotopic (exact) mass is 510 g/mol. The number of ether oxygens (including phenoxy) is 2. The minimum absolute atomic E-state index is 0.212. The fourth-order valence-corrected chi connectivity index (χ4v) is 3.84. The lowest BCUT2D eigenvalue weighted by atomic mass is 10.1. The van der Waals surface area contributed by atoms with Crippen molar-refractivity contribution in [2.75, 3.05) is 63.0 Å². The Balaban J connectivity index is 1.56. The number of anilines is 5. The fourth-order valence-electron chi connectivity index (χ4n) is 3.70. The summed E-state index contributed by atoms with van der Waals surface area (Å²) in [5, 5.41) is 6.47.